The van der Waals surface area contributed by atoms with Gasteiger partial charge in [-0.2, -0.15) is 18.3 Å². The minimum Gasteiger partial charge on any atom is -0.356 e. The maximum Gasteiger partial charge on any atom is 0.416 e. The summed E-state index contributed by atoms with van der Waals surface area (Å²) in [7, 11) is 0. The van der Waals surface area contributed by atoms with Gasteiger partial charge in [0.2, 0.25) is 0 Å². The van der Waals surface area contributed by atoms with Crippen molar-refractivity contribution in [3.8, 4) is 22.6 Å². The Hall–Kier alpha value is -3.95. The third kappa shape index (κ3) is 3.67. The van der Waals surface area contributed by atoms with Gasteiger partial charge in [-0.25, -0.2) is 0 Å². The molecule has 1 aromatic carbocycles. The van der Waals surface area contributed by atoms with Crippen molar-refractivity contribution in [3.63, 3.8) is 0 Å². The Balaban J connectivity index is 1.50. The maximum atomic E-state index is 13.4. The predicted octanol–water partition coefficient (Wildman–Crippen LogP) is 5.15. The van der Waals surface area contributed by atoms with Crippen LogP contribution in [0.3, 0.4) is 0 Å². The highest BCUT2D eigenvalue weighted by Crippen LogP contribution is 2.35. The highest BCUT2D eigenvalue weighted by Gasteiger charge is 2.35. The van der Waals surface area contributed by atoms with Crippen molar-refractivity contribution in [1.29, 1.82) is 0 Å². The number of alkyl halides is 3. The van der Waals surface area contributed by atoms with E-state index in [1.165, 1.54) is 17.0 Å². The number of carbonyl (C=O) groups excluding carboxylic acids is 1. The van der Waals surface area contributed by atoms with Crippen LogP contribution in [0.25, 0.3) is 22.6 Å². The second-order valence-electron chi connectivity index (χ2n) is 7.99. The van der Waals surface area contributed by atoms with Crippen molar-refractivity contribution in [2.45, 2.75) is 26.1 Å². The van der Waals surface area contributed by atoms with Crippen LogP contribution < -0.4 is 4.90 Å². The molecule has 1 aliphatic heterocycles. The van der Waals surface area contributed by atoms with Crippen molar-refractivity contribution < 1.29 is 22.5 Å². The Bertz CT molecular complexity index is 1340. The van der Waals surface area contributed by atoms with Crippen LogP contribution in [-0.2, 0) is 6.18 Å². The highest BCUT2D eigenvalue weighted by atomic mass is 19.4. The van der Waals surface area contributed by atoms with E-state index in [4.69, 9.17) is 4.52 Å². The van der Waals surface area contributed by atoms with Gasteiger partial charge in [-0.1, -0.05) is 5.16 Å². The second-order valence-corrected chi connectivity index (χ2v) is 7.99. The lowest BCUT2D eigenvalue weighted by atomic mass is 10.1. The normalized spacial score (nSPS) is 16.2. The molecular formula is C23H18F3N5O2. The summed E-state index contributed by atoms with van der Waals surface area (Å²) in [5.41, 5.74) is 2.54. The average Bonchev–Trinajstić information content (AvgIpc) is 3.43. The van der Waals surface area contributed by atoms with Crippen LogP contribution in [-0.4, -0.2) is 32.4 Å². The fourth-order valence-corrected chi connectivity index (χ4v) is 3.93. The monoisotopic (exact) mass is 453 g/mol. The van der Waals surface area contributed by atoms with E-state index >= 15 is 0 Å². The van der Waals surface area contributed by atoms with Gasteiger partial charge in [0.05, 0.1) is 23.4 Å². The summed E-state index contributed by atoms with van der Waals surface area (Å²) < 4.78 is 45.9. The standard InChI is InChI=1S/C23H18F3N5O2/c1-13-7-15(10-27-9-13)20-8-19(29-33-20)18-11-28-31-14(2)12-30(22(32)21(18)31)17-5-3-16(4-6-17)23(24,25)26/h3-11,14H,12H2,1-2H3. The molecule has 0 aliphatic carbocycles. The topological polar surface area (TPSA) is 77.1 Å². The first-order valence-electron chi connectivity index (χ1n) is 10.2. The number of benzene rings is 1. The third-order valence-electron chi connectivity index (χ3n) is 5.56. The number of fused-ring (bicyclic) bond motifs is 1. The second kappa shape index (κ2) is 7.58. The van der Waals surface area contributed by atoms with Crippen LogP contribution >= 0.6 is 0 Å². The number of nitrogens with zero attached hydrogens (tertiary/aromatic N) is 5. The first kappa shape index (κ1) is 20.9. The van der Waals surface area contributed by atoms with E-state index in [0.717, 1.165) is 23.3 Å². The van der Waals surface area contributed by atoms with Gasteiger partial charge in [-0.05, 0) is 49.7 Å². The number of halogens is 3. The summed E-state index contributed by atoms with van der Waals surface area (Å²) in [6, 6.07) is 7.98. The Kier molecular flexibility index (Phi) is 4.80. The fraction of sp³-hybridized carbons (Fsp3) is 0.217. The number of carbonyl (C=O) groups is 1. The summed E-state index contributed by atoms with van der Waals surface area (Å²) in [6.45, 7) is 4.07. The largest absolute Gasteiger partial charge is 0.416 e. The molecular weight excluding hydrogens is 435 g/mol. The lowest BCUT2D eigenvalue weighted by molar-refractivity contribution is -0.137. The molecule has 1 aliphatic rings. The van der Waals surface area contributed by atoms with E-state index < -0.39 is 11.7 Å². The number of aromatic nitrogens is 4. The van der Waals surface area contributed by atoms with Crippen molar-refractivity contribution in [3.05, 3.63) is 71.8 Å². The average molecular weight is 453 g/mol. The summed E-state index contributed by atoms with van der Waals surface area (Å²) in [4.78, 5) is 19.0. The number of anilines is 1. The van der Waals surface area contributed by atoms with E-state index in [0.29, 0.717) is 28.4 Å². The predicted molar refractivity (Wildman–Crippen MR) is 114 cm³/mol. The Morgan fingerprint density at radius 3 is 2.55 bits per heavy atom. The molecule has 0 N–H and O–H groups in total. The zero-order chi connectivity index (χ0) is 23.3. The van der Waals surface area contributed by atoms with Crippen LogP contribution in [0.4, 0.5) is 18.9 Å². The third-order valence-corrected chi connectivity index (χ3v) is 5.56. The molecule has 0 bridgehead atoms. The van der Waals surface area contributed by atoms with Crippen LogP contribution in [0, 0.1) is 6.92 Å². The van der Waals surface area contributed by atoms with E-state index in [9.17, 15) is 18.0 Å². The van der Waals surface area contributed by atoms with Crippen molar-refractivity contribution in [2.24, 2.45) is 0 Å². The van der Waals surface area contributed by atoms with Crippen LogP contribution in [0.1, 0.15) is 34.6 Å². The Morgan fingerprint density at radius 1 is 1.09 bits per heavy atom. The lowest BCUT2D eigenvalue weighted by Gasteiger charge is -2.32. The molecule has 7 nitrogen and oxygen atoms in total. The summed E-state index contributed by atoms with van der Waals surface area (Å²) in [5.74, 6) is 0.124. The minimum absolute atomic E-state index is 0.193. The van der Waals surface area contributed by atoms with Crippen LogP contribution in [0.15, 0.2) is 59.5 Å². The molecule has 33 heavy (non-hydrogen) atoms. The molecule has 0 saturated carbocycles. The molecule has 5 rings (SSSR count). The first-order chi connectivity index (χ1) is 15.7. The van der Waals surface area contributed by atoms with Gasteiger partial charge in [-0.3, -0.25) is 14.5 Å². The van der Waals surface area contributed by atoms with Gasteiger partial charge >= 0.3 is 6.18 Å². The number of hydrogen-bond donors (Lipinski definition) is 0. The first-order valence-corrected chi connectivity index (χ1v) is 10.2. The van der Waals surface area contributed by atoms with Crippen LogP contribution in [0.2, 0.25) is 0 Å². The number of amides is 1. The van der Waals surface area contributed by atoms with Crippen molar-refractivity contribution in [1.82, 2.24) is 19.9 Å². The smallest absolute Gasteiger partial charge is 0.356 e. The van der Waals surface area contributed by atoms with Gasteiger partial charge in [-0.15, -0.1) is 0 Å². The zero-order valence-electron chi connectivity index (χ0n) is 17.7. The van der Waals surface area contributed by atoms with Gasteiger partial charge < -0.3 is 9.42 Å². The number of hydrogen-bond acceptors (Lipinski definition) is 5. The molecule has 0 saturated heterocycles. The molecule has 0 radical (unpaired) electrons. The molecule has 1 atom stereocenters. The van der Waals surface area contributed by atoms with Gasteiger partial charge in [0.1, 0.15) is 11.4 Å². The molecule has 1 unspecified atom stereocenters. The summed E-state index contributed by atoms with van der Waals surface area (Å²) in [6.07, 6.45) is 0.492. The van der Waals surface area contributed by atoms with Gasteiger partial charge in [0, 0.05) is 36.3 Å². The van der Waals surface area contributed by atoms with Gasteiger partial charge in [0.25, 0.3) is 5.91 Å². The quantitative estimate of drug-likeness (QED) is 0.429. The number of rotatable bonds is 3. The van der Waals surface area contributed by atoms with E-state index in [1.54, 1.807) is 29.3 Å². The molecule has 3 aromatic heterocycles. The molecule has 4 heterocycles. The van der Waals surface area contributed by atoms with Gasteiger partial charge in [0.15, 0.2) is 5.76 Å². The number of pyridine rings is 1. The van der Waals surface area contributed by atoms with Crippen LogP contribution in [0.5, 0.6) is 0 Å². The summed E-state index contributed by atoms with van der Waals surface area (Å²) >= 11 is 0. The number of aryl methyl sites for hydroxylation is 1. The molecule has 168 valence electrons. The lowest BCUT2D eigenvalue weighted by Crippen LogP contribution is -2.42. The fourth-order valence-electron chi connectivity index (χ4n) is 3.93. The summed E-state index contributed by atoms with van der Waals surface area (Å²) in [5, 5.41) is 8.48. The van der Waals surface area contributed by atoms with Crippen molar-refractivity contribution >= 4 is 11.6 Å². The minimum atomic E-state index is -4.44. The Morgan fingerprint density at radius 2 is 1.85 bits per heavy atom. The Labute approximate surface area is 186 Å². The van der Waals surface area contributed by atoms with E-state index in [1.807, 2.05) is 19.9 Å². The molecule has 1 amide bonds. The van der Waals surface area contributed by atoms with E-state index in [-0.39, 0.29) is 18.5 Å². The molecule has 10 heteroatoms. The maximum absolute atomic E-state index is 13.4. The highest BCUT2D eigenvalue weighted by molar-refractivity contribution is 6.09. The van der Waals surface area contributed by atoms with Crippen molar-refractivity contribution in [2.75, 3.05) is 11.4 Å². The molecule has 0 spiro atoms. The van der Waals surface area contributed by atoms with E-state index in [2.05, 4.69) is 15.2 Å². The SMILES string of the molecule is Cc1cncc(-c2cc(-c3cnn4c3C(=O)N(c3ccc(C(F)(F)F)cc3)CC4C)no2)c1. The molecule has 0 fully saturated rings. The molecule has 4 aromatic rings. The zero-order valence-corrected chi connectivity index (χ0v) is 17.7.